The topological polar surface area (TPSA) is 175 Å². The molecule has 2 aromatic carbocycles. The van der Waals surface area contributed by atoms with E-state index in [0.717, 1.165) is 41.8 Å². The molecule has 0 spiro atoms. The number of H-pyrrole nitrogens is 1. The highest BCUT2D eigenvalue weighted by atomic mass is 16.2. The van der Waals surface area contributed by atoms with E-state index in [4.69, 9.17) is 0 Å². The minimum atomic E-state index is -0.886. The third kappa shape index (κ3) is 8.13. The Morgan fingerprint density at radius 1 is 0.939 bits per heavy atom. The van der Waals surface area contributed by atoms with Gasteiger partial charge in [0.15, 0.2) is 5.82 Å². The predicted octanol–water partition coefficient (Wildman–Crippen LogP) is 0.710. The van der Waals surface area contributed by atoms with Gasteiger partial charge in [0.05, 0.1) is 18.0 Å². The maximum Gasteiger partial charge on any atom is 0.251 e. The Labute approximate surface area is 287 Å². The number of carbonyl (C=O) groups is 3. The van der Waals surface area contributed by atoms with Gasteiger partial charge in [0, 0.05) is 43.9 Å². The molecule has 1 aliphatic heterocycles. The van der Waals surface area contributed by atoms with E-state index in [-0.39, 0.29) is 30.3 Å². The number of nitrogens with zero attached hydrogens (tertiary/aromatic N) is 7. The van der Waals surface area contributed by atoms with Crippen molar-refractivity contribution in [3.63, 3.8) is 0 Å². The standard InChI is InChI=1S/C35H47N11O3/c1-44(2)18-15-38-32(48)26-9-11-29-24(20-26)7-8-25-21-27(33(49)39-16-19-45(3)4)10-12-30(25)35(29,34-40-42-43-41-34)13-14-37-23-31(47)46-17-5-6-28(46)22-36/h9-12,20-21,28,37H,5-8,13-19,23H2,1-4H3,(H,38,48)(H,39,49)(H,40,41,42,43)/t28-/m0/s1. The zero-order valence-corrected chi connectivity index (χ0v) is 28.9. The highest BCUT2D eigenvalue weighted by Crippen LogP contribution is 2.46. The van der Waals surface area contributed by atoms with E-state index in [1.807, 2.05) is 74.4 Å². The van der Waals surface area contributed by atoms with Gasteiger partial charge in [-0.15, -0.1) is 5.10 Å². The normalized spacial score (nSPS) is 16.5. The summed E-state index contributed by atoms with van der Waals surface area (Å²) in [6.45, 7) is 3.61. The number of hydrogen-bond donors (Lipinski definition) is 4. The molecule has 1 fully saturated rings. The minimum absolute atomic E-state index is 0.0980. The highest BCUT2D eigenvalue weighted by molar-refractivity contribution is 5.95. The number of nitrogens with one attached hydrogen (secondary N) is 4. The van der Waals surface area contributed by atoms with Crippen LogP contribution in [-0.4, -0.2) is 133 Å². The second-order valence-corrected chi connectivity index (χ2v) is 13.3. The van der Waals surface area contributed by atoms with E-state index >= 15 is 0 Å². The van der Waals surface area contributed by atoms with Gasteiger partial charge in [0.2, 0.25) is 5.91 Å². The molecule has 0 unspecified atom stereocenters. The summed E-state index contributed by atoms with van der Waals surface area (Å²) in [4.78, 5) is 45.1. The van der Waals surface area contributed by atoms with Crippen LogP contribution >= 0.6 is 0 Å². The Balaban J connectivity index is 1.50. The van der Waals surface area contributed by atoms with Crippen LogP contribution in [0.3, 0.4) is 0 Å². The number of tetrazole rings is 1. The molecule has 260 valence electrons. The molecule has 3 aromatic rings. The fraction of sp³-hybridized carbons (Fsp3) is 0.514. The van der Waals surface area contributed by atoms with Gasteiger partial charge >= 0.3 is 0 Å². The summed E-state index contributed by atoms with van der Waals surface area (Å²) in [5.74, 6) is 0.136. The van der Waals surface area contributed by atoms with Gasteiger partial charge < -0.3 is 30.7 Å². The molecule has 14 heteroatoms. The summed E-state index contributed by atoms with van der Waals surface area (Å²) in [6.07, 6.45) is 3.26. The number of carbonyl (C=O) groups excluding carboxylic acids is 3. The summed E-state index contributed by atoms with van der Waals surface area (Å²) in [5.41, 5.74) is 4.12. The van der Waals surface area contributed by atoms with Crippen LogP contribution in [-0.2, 0) is 23.1 Å². The number of nitriles is 1. The van der Waals surface area contributed by atoms with Crippen molar-refractivity contribution in [3.8, 4) is 6.07 Å². The Kier molecular flexibility index (Phi) is 11.7. The van der Waals surface area contributed by atoms with Gasteiger partial charge in [-0.1, -0.05) is 12.1 Å². The largest absolute Gasteiger partial charge is 0.351 e. The number of benzene rings is 2. The van der Waals surface area contributed by atoms with Gasteiger partial charge in [0.25, 0.3) is 11.8 Å². The molecule has 0 bridgehead atoms. The zero-order valence-electron chi connectivity index (χ0n) is 28.9. The molecule has 5 rings (SSSR count). The van der Waals surface area contributed by atoms with Crippen molar-refractivity contribution in [2.24, 2.45) is 0 Å². The number of amides is 3. The maximum atomic E-state index is 13.2. The molecule has 14 nitrogen and oxygen atoms in total. The molecule has 49 heavy (non-hydrogen) atoms. The number of likely N-dealkylation sites (N-methyl/N-ethyl adjacent to an activating group) is 2. The smallest absolute Gasteiger partial charge is 0.251 e. The first-order valence-electron chi connectivity index (χ1n) is 16.9. The molecule has 1 aliphatic carbocycles. The first kappa shape index (κ1) is 35.6. The lowest BCUT2D eigenvalue weighted by molar-refractivity contribution is -0.130. The number of aromatic nitrogens is 4. The van der Waals surface area contributed by atoms with Crippen LogP contribution in [0.25, 0.3) is 0 Å². The summed E-state index contributed by atoms with van der Waals surface area (Å²) in [5, 5.41) is 34.2. The molecule has 3 amide bonds. The number of likely N-dealkylation sites (tertiary alicyclic amines) is 1. The van der Waals surface area contributed by atoms with E-state index in [1.54, 1.807) is 4.90 Å². The van der Waals surface area contributed by atoms with E-state index in [1.165, 1.54) is 0 Å². The van der Waals surface area contributed by atoms with Crippen LogP contribution in [0.5, 0.6) is 0 Å². The SMILES string of the molecule is CN(C)CCNC(=O)c1ccc2c(c1)CCc1cc(C(=O)NCCN(C)C)ccc1C2(CCNCC(=O)N1CCC[C@H]1C#N)c1nnn[nH]1. The predicted molar refractivity (Wildman–Crippen MR) is 184 cm³/mol. The van der Waals surface area contributed by atoms with Crippen molar-refractivity contribution in [3.05, 3.63) is 75.6 Å². The number of rotatable bonds is 14. The van der Waals surface area contributed by atoms with Gasteiger partial charge in [-0.05, 0) is 124 Å². The second-order valence-electron chi connectivity index (χ2n) is 13.3. The summed E-state index contributed by atoms with van der Waals surface area (Å²) >= 11 is 0. The van der Waals surface area contributed by atoms with Crippen molar-refractivity contribution >= 4 is 17.7 Å². The van der Waals surface area contributed by atoms with E-state index < -0.39 is 5.41 Å². The van der Waals surface area contributed by atoms with Crippen LogP contribution < -0.4 is 16.0 Å². The molecule has 1 atom stereocenters. The van der Waals surface area contributed by atoms with Gasteiger partial charge in [-0.2, -0.15) is 5.26 Å². The van der Waals surface area contributed by atoms with Crippen molar-refractivity contribution in [2.45, 2.75) is 43.6 Å². The van der Waals surface area contributed by atoms with E-state index in [0.29, 0.717) is 68.8 Å². The van der Waals surface area contributed by atoms with Gasteiger partial charge in [-0.25, -0.2) is 5.10 Å². The average Bonchev–Trinajstić information content (AvgIpc) is 3.78. The van der Waals surface area contributed by atoms with Crippen molar-refractivity contribution in [2.75, 3.05) is 74.0 Å². The third-order valence-corrected chi connectivity index (χ3v) is 9.43. The van der Waals surface area contributed by atoms with Crippen LogP contribution in [0.4, 0.5) is 0 Å². The second kappa shape index (κ2) is 16.1. The summed E-state index contributed by atoms with van der Waals surface area (Å²) < 4.78 is 0. The first-order valence-corrected chi connectivity index (χ1v) is 16.9. The summed E-state index contributed by atoms with van der Waals surface area (Å²) in [6, 6.07) is 13.4. The van der Waals surface area contributed by atoms with Crippen molar-refractivity contribution in [1.82, 2.24) is 51.3 Å². The molecular formula is C35H47N11O3. The lowest BCUT2D eigenvalue weighted by atomic mass is 9.69. The number of hydrogen-bond acceptors (Lipinski definition) is 10. The van der Waals surface area contributed by atoms with Crippen molar-refractivity contribution < 1.29 is 14.4 Å². The molecular weight excluding hydrogens is 622 g/mol. The van der Waals surface area contributed by atoms with Crippen LogP contribution in [0.15, 0.2) is 36.4 Å². The third-order valence-electron chi connectivity index (χ3n) is 9.43. The quantitative estimate of drug-likeness (QED) is 0.179. The number of fused-ring (bicyclic) bond motifs is 2. The molecule has 0 radical (unpaired) electrons. The Morgan fingerprint density at radius 2 is 1.53 bits per heavy atom. The lowest BCUT2D eigenvalue weighted by Crippen LogP contribution is -2.42. The Morgan fingerprint density at radius 3 is 2.04 bits per heavy atom. The van der Waals surface area contributed by atoms with Crippen LogP contribution in [0.2, 0.25) is 0 Å². The Bertz CT molecular complexity index is 1590. The molecule has 0 saturated carbocycles. The highest BCUT2D eigenvalue weighted by Gasteiger charge is 2.44. The fourth-order valence-corrected chi connectivity index (χ4v) is 6.88. The van der Waals surface area contributed by atoms with Crippen LogP contribution in [0.1, 0.15) is 68.1 Å². The van der Waals surface area contributed by atoms with E-state index in [2.05, 4.69) is 42.6 Å². The number of aryl methyl sites for hydroxylation is 2. The molecule has 2 heterocycles. The molecule has 4 N–H and O–H groups in total. The number of aromatic amines is 1. The molecule has 1 saturated heterocycles. The fourth-order valence-electron chi connectivity index (χ4n) is 6.88. The van der Waals surface area contributed by atoms with Gasteiger partial charge in [-0.3, -0.25) is 14.4 Å². The summed E-state index contributed by atoms with van der Waals surface area (Å²) in [7, 11) is 7.85. The average molecular weight is 670 g/mol. The molecule has 1 aromatic heterocycles. The van der Waals surface area contributed by atoms with Gasteiger partial charge in [0.1, 0.15) is 6.04 Å². The Hall–Kier alpha value is -4.71. The minimum Gasteiger partial charge on any atom is -0.351 e. The van der Waals surface area contributed by atoms with E-state index in [9.17, 15) is 19.6 Å². The van der Waals surface area contributed by atoms with Crippen LogP contribution in [0, 0.1) is 11.3 Å². The maximum absolute atomic E-state index is 13.2. The lowest BCUT2D eigenvalue weighted by Gasteiger charge is -2.34. The first-order chi connectivity index (χ1) is 23.6. The monoisotopic (exact) mass is 669 g/mol. The van der Waals surface area contributed by atoms with Crippen molar-refractivity contribution in [1.29, 1.82) is 5.26 Å². The molecule has 2 aliphatic rings. The zero-order chi connectivity index (χ0) is 35.0.